The van der Waals surface area contributed by atoms with E-state index in [1.807, 2.05) is 0 Å². The number of anilines is 1. The van der Waals surface area contributed by atoms with Gasteiger partial charge in [-0.25, -0.2) is 13.8 Å². The molecular weight excluding hydrogens is 235 g/mol. The largest absolute Gasteiger partial charge is 0.573 e. The number of aryl methyl sites for hydroxylation is 1. The van der Waals surface area contributed by atoms with Gasteiger partial charge in [0.25, 0.3) is 6.43 Å². The van der Waals surface area contributed by atoms with Crippen molar-refractivity contribution >= 4 is 5.82 Å². The molecule has 0 amide bonds. The van der Waals surface area contributed by atoms with Gasteiger partial charge >= 0.3 is 6.36 Å². The Morgan fingerprint density at radius 1 is 1.38 bits per heavy atom. The van der Waals surface area contributed by atoms with E-state index in [1.54, 1.807) is 0 Å². The highest BCUT2D eigenvalue weighted by molar-refractivity contribution is 5.46. The Morgan fingerprint density at radius 3 is 2.38 bits per heavy atom. The fraction of sp³-hybridized carbons (Fsp3) is 0.375. The van der Waals surface area contributed by atoms with E-state index in [2.05, 4.69) is 9.72 Å². The summed E-state index contributed by atoms with van der Waals surface area (Å²) in [5, 5.41) is 0. The summed E-state index contributed by atoms with van der Waals surface area (Å²) in [6.45, 7) is 1.17. The van der Waals surface area contributed by atoms with Crippen molar-refractivity contribution in [3.63, 3.8) is 0 Å². The third kappa shape index (κ3) is 2.94. The lowest BCUT2D eigenvalue weighted by atomic mass is 10.2. The number of pyridine rings is 1. The predicted octanol–water partition coefficient (Wildman–Crippen LogP) is 2.81. The summed E-state index contributed by atoms with van der Waals surface area (Å²) in [7, 11) is 0. The molecular formula is C8H7F5N2O. The van der Waals surface area contributed by atoms with Gasteiger partial charge in [0.2, 0.25) is 0 Å². The zero-order valence-electron chi connectivity index (χ0n) is 7.98. The second-order valence-corrected chi connectivity index (χ2v) is 2.89. The summed E-state index contributed by atoms with van der Waals surface area (Å²) < 4.78 is 63.8. The number of nitrogens with two attached hydrogens (primary N) is 1. The minimum absolute atomic E-state index is 0.209. The summed E-state index contributed by atoms with van der Waals surface area (Å²) in [6.07, 6.45) is -7.97. The fourth-order valence-corrected chi connectivity index (χ4v) is 1.02. The van der Waals surface area contributed by atoms with Gasteiger partial charge < -0.3 is 10.5 Å². The van der Waals surface area contributed by atoms with E-state index in [-0.39, 0.29) is 5.69 Å². The number of nitrogens with zero attached hydrogens (tertiary/aromatic N) is 1. The minimum atomic E-state index is -4.96. The Morgan fingerprint density at radius 2 is 1.94 bits per heavy atom. The van der Waals surface area contributed by atoms with Crippen molar-refractivity contribution in [1.29, 1.82) is 0 Å². The van der Waals surface area contributed by atoms with Crippen molar-refractivity contribution in [2.75, 3.05) is 5.73 Å². The van der Waals surface area contributed by atoms with Gasteiger partial charge in [-0.1, -0.05) is 0 Å². The van der Waals surface area contributed by atoms with E-state index < -0.39 is 29.9 Å². The quantitative estimate of drug-likeness (QED) is 0.811. The van der Waals surface area contributed by atoms with E-state index >= 15 is 0 Å². The van der Waals surface area contributed by atoms with Crippen LogP contribution in [0.3, 0.4) is 0 Å². The standard InChI is InChI=1S/C8H7F5N2O/c1-3-5(16-8(11,12)13)2-4(6(9)10)7(14)15-3/h2,6H,1H3,(H2,14,15). The molecule has 16 heavy (non-hydrogen) atoms. The van der Waals surface area contributed by atoms with E-state index in [0.717, 1.165) is 0 Å². The number of nitrogen functional groups attached to an aromatic ring is 1. The molecule has 1 heterocycles. The highest BCUT2D eigenvalue weighted by Gasteiger charge is 2.32. The maximum atomic E-state index is 12.3. The highest BCUT2D eigenvalue weighted by atomic mass is 19.4. The van der Waals surface area contributed by atoms with Gasteiger partial charge in [0, 0.05) is 0 Å². The molecule has 8 heteroatoms. The summed E-state index contributed by atoms with van der Waals surface area (Å²) >= 11 is 0. The molecule has 0 unspecified atom stereocenters. The van der Waals surface area contributed by atoms with Crippen LogP contribution in [0.4, 0.5) is 27.8 Å². The maximum Gasteiger partial charge on any atom is 0.573 e. The van der Waals surface area contributed by atoms with Gasteiger partial charge in [0.1, 0.15) is 5.82 Å². The molecule has 90 valence electrons. The lowest BCUT2D eigenvalue weighted by molar-refractivity contribution is -0.275. The van der Waals surface area contributed by atoms with Gasteiger partial charge in [-0.05, 0) is 13.0 Å². The Balaban J connectivity index is 3.15. The molecule has 0 atom stereocenters. The number of rotatable bonds is 2. The van der Waals surface area contributed by atoms with Crippen LogP contribution in [-0.4, -0.2) is 11.3 Å². The first kappa shape index (κ1) is 12.5. The summed E-state index contributed by atoms with van der Waals surface area (Å²) in [5.74, 6) is -1.29. The number of halogens is 5. The molecule has 0 fully saturated rings. The molecule has 1 aromatic rings. The average molecular weight is 242 g/mol. The second kappa shape index (κ2) is 4.11. The number of alkyl halides is 5. The first-order valence-corrected chi connectivity index (χ1v) is 4.01. The Hall–Kier alpha value is -1.60. The molecule has 2 N–H and O–H groups in total. The van der Waals surface area contributed by atoms with Crippen molar-refractivity contribution in [3.05, 3.63) is 17.3 Å². The molecule has 0 aliphatic rings. The van der Waals surface area contributed by atoms with Crippen LogP contribution >= 0.6 is 0 Å². The Kier molecular flexibility index (Phi) is 3.20. The Bertz CT molecular complexity index is 391. The minimum Gasteiger partial charge on any atom is -0.404 e. The van der Waals surface area contributed by atoms with Crippen LogP contribution in [0.5, 0.6) is 5.75 Å². The number of aromatic nitrogens is 1. The zero-order chi connectivity index (χ0) is 12.5. The Labute approximate surface area is 87.0 Å². The van der Waals surface area contributed by atoms with Gasteiger partial charge in [-0.2, -0.15) is 0 Å². The molecule has 1 aromatic heterocycles. The topological polar surface area (TPSA) is 48.1 Å². The molecule has 0 bridgehead atoms. The van der Waals surface area contributed by atoms with Crippen LogP contribution in [0.2, 0.25) is 0 Å². The first-order chi connectivity index (χ1) is 7.20. The maximum absolute atomic E-state index is 12.3. The molecule has 1 rings (SSSR count). The van der Waals surface area contributed by atoms with Crippen molar-refractivity contribution in [1.82, 2.24) is 4.98 Å². The second-order valence-electron chi connectivity index (χ2n) is 2.89. The summed E-state index contributed by atoms with van der Waals surface area (Å²) in [5.41, 5.74) is 4.13. The van der Waals surface area contributed by atoms with Crippen LogP contribution in [-0.2, 0) is 0 Å². The first-order valence-electron chi connectivity index (χ1n) is 4.01. The molecule has 0 aromatic carbocycles. The lowest BCUT2D eigenvalue weighted by Crippen LogP contribution is -2.18. The monoisotopic (exact) mass is 242 g/mol. The molecule has 0 aliphatic heterocycles. The highest BCUT2D eigenvalue weighted by Crippen LogP contribution is 2.32. The third-order valence-electron chi connectivity index (χ3n) is 1.69. The zero-order valence-corrected chi connectivity index (χ0v) is 7.98. The lowest BCUT2D eigenvalue weighted by Gasteiger charge is -2.13. The van der Waals surface area contributed by atoms with Crippen LogP contribution in [0.25, 0.3) is 0 Å². The van der Waals surface area contributed by atoms with Crippen LogP contribution < -0.4 is 10.5 Å². The van der Waals surface area contributed by atoms with Crippen molar-refractivity contribution in [2.24, 2.45) is 0 Å². The van der Waals surface area contributed by atoms with Crippen molar-refractivity contribution < 1.29 is 26.7 Å². The summed E-state index contributed by atoms with van der Waals surface area (Å²) in [4.78, 5) is 3.35. The number of hydrogen-bond acceptors (Lipinski definition) is 3. The molecule has 0 radical (unpaired) electrons. The molecule has 0 aliphatic carbocycles. The van der Waals surface area contributed by atoms with Gasteiger partial charge in [0.15, 0.2) is 5.75 Å². The normalized spacial score (nSPS) is 11.9. The number of ether oxygens (including phenoxy) is 1. The molecule has 0 saturated heterocycles. The molecule has 0 saturated carbocycles. The number of hydrogen-bond donors (Lipinski definition) is 1. The van der Waals surface area contributed by atoms with Crippen LogP contribution in [0.1, 0.15) is 17.7 Å². The van der Waals surface area contributed by atoms with Gasteiger partial charge in [-0.15, -0.1) is 13.2 Å². The third-order valence-corrected chi connectivity index (χ3v) is 1.69. The van der Waals surface area contributed by atoms with E-state index in [1.165, 1.54) is 6.92 Å². The van der Waals surface area contributed by atoms with E-state index in [4.69, 9.17) is 5.73 Å². The van der Waals surface area contributed by atoms with Crippen molar-refractivity contribution in [3.8, 4) is 5.75 Å². The molecule has 0 spiro atoms. The van der Waals surface area contributed by atoms with Gasteiger partial charge in [0.05, 0.1) is 11.3 Å². The van der Waals surface area contributed by atoms with Crippen LogP contribution in [0, 0.1) is 6.92 Å². The smallest absolute Gasteiger partial charge is 0.404 e. The average Bonchev–Trinajstić information content (AvgIpc) is 2.07. The van der Waals surface area contributed by atoms with Gasteiger partial charge in [-0.3, -0.25) is 0 Å². The SMILES string of the molecule is Cc1nc(N)c(C(F)F)cc1OC(F)(F)F. The van der Waals surface area contributed by atoms with E-state index in [9.17, 15) is 22.0 Å². The summed E-state index contributed by atoms with van der Waals surface area (Å²) in [6, 6.07) is 0.538. The van der Waals surface area contributed by atoms with Crippen LogP contribution in [0.15, 0.2) is 6.07 Å². The van der Waals surface area contributed by atoms with E-state index in [0.29, 0.717) is 6.07 Å². The van der Waals surface area contributed by atoms with Crippen molar-refractivity contribution in [2.45, 2.75) is 19.7 Å². The molecule has 3 nitrogen and oxygen atoms in total. The fourth-order valence-electron chi connectivity index (χ4n) is 1.02. The predicted molar refractivity (Wildman–Crippen MR) is 45.0 cm³/mol.